The topological polar surface area (TPSA) is 94.0 Å². The van der Waals surface area contributed by atoms with Gasteiger partial charge in [-0.1, -0.05) is 0 Å². The highest BCUT2D eigenvalue weighted by Crippen LogP contribution is 2.22. The average molecular weight is 256 g/mol. The number of nitrogens with zero attached hydrogens (tertiary/aromatic N) is 1. The third-order valence-corrected chi connectivity index (χ3v) is 2.91. The predicted octanol–water partition coefficient (Wildman–Crippen LogP) is 1.94. The summed E-state index contributed by atoms with van der Waals surface area (Å²) in [6.45, 7) is 2.02. The first-order valence-corrected chi connectivity index (χ1v) is 5.93. The molecule has 1 heterocycles. The van der Waals surface area contributed by atoms with Crippen LogP contribution in [-0.4, -0.2) is 10.9 Å². The van der Waals surface area contributed by atoms with Crippen LogP contribution in [0, 0.1) is 0 Å². The van der Waals surface area contributed by atoms with Gasteiger partial charge < -0.3 is 16.8 Å². The summed E-state index contributed by atoms with van der Waals surface area (Å²) in [5.74, 6) is -0.530. The molecular weight excluding hydrogens is 240 g/mol. The molecule has 0 saturated heterocycles. The van der Waals surface area contributed by atoms with Gasteiger partial charge in [0.2, 0.25) is 0 Å². The molecule has 1 unspecified atom stereocenters. The van der Waals surface area contributed by atoms with Gasteiger partial charge in [-0.05, 0) is 42.8 Å². The molecule has 0 aliphatic heterocycles. The van der Waals surface area contributed by atoms with Crippen LogP contribution in [0.3, 0.4) is 0 Å². The second-order valence-corrected chi connectivity index (χ2v) is 4.31. The van der Waals surface area contributed by atoms with Crippen LogP contribution in [-0.2, 0) is 0 Å². The van der Waals surface area contributed by atoms with E-state index in [0.717, 1.165) is 11.3 Å². The predicted molar refractivity (Wildman–Crippen MR) is 75.6 cm³/mol. The van der Waals surface area contributed by atoms with Gasteiger partial charge in [0.05, 0.1) is 5.56 Å². The number of hydrogen-bond acceptors (Lipinski definition) is 4. The number of nitrogen functional groups attached to an aromatic ring is 1. The van der Waals surface area contributed by atoms with Crippen molar-refractivity contribution in [3.05, 3.63) is 53.9 Å². The van der Waals surface area contributed by atoms with E-state index in [9.17, 15) is 4.79 Å². The zero-order chi connectivity index (χ0) is 13.8. The Hall–Kier alpha value is -2.56. The molecule has 5 heteroatoms. The van der Waals surface area contributed by atoms with Gasteiger partial charge in [0.15, 0.2) is 0 Å². The summed E-state index contributed by atoms with van der Waals surface area (Å²) in [5.41, 5.74) is 13.6. The van der Waals surface area contributed by atoms with Gasteiger partial charge in [0.1, 0.15) is 0 Å². The van der Waals surface area contributed by atoms with Gasteiger partial charge >= 0.3 is 0 Å². The third-order valence-electron chi connectivity index (χ3n) is 2.91. The summed E-state index contributed by atoms with van der Waals surface area (Å²) >= 11 is 0. The molecular formula is C14H16N4O. The molecule has 0 bridgehead atoms. The van der Waals surface area contributed by atoms with Crippen LogP contribution < -0.4 is 16.8 Å². The van der Waals surface area contributed by atoms with Crippen molar-refractivity contribution < 1.29 is 4.79 Å². The molecule has 1 amide bonds. The molecule has 0 aliphatic carbocycles. The highest BCUT2D eigenvalue weighted by atomic mass is 16.1. The van der Waals surface area contributed by atoms with E-state index in [1.165, 1.54) is 0 Å². The minimum absolute atomic E-state index is 0.0901. The van der Waals surface area contributed by atoms with E-state index in [1.807, 2.05) is 25.1 Å². The van der Waals surface area contributed by atoms with Crippen LogP contribution in [0.2, 0.25) is 0 Å². The van der Waals surface area contributed by atoms with E-state index in [-0.39, 0.29) is 6.04 Å². The number of nitrogens with one attached hydrogen (secondary N) is 1. The number of hydrogen-bond donors (Lipinski definition) is 3. The number of anilines is 2. The lowest BCUT2D eigenvalue weighted by Gasteiger charge is -2.16. The number of rotatable bonds is 4. The number of carbonyl (C=O) groups is 1. The fraction of sp³-hybridized carbons (Fsp3) is 0.143. The number of pyridine rings is 1. The van der Waals surface area contributed by atoms with Gasteiger partial charge in [-0.15, -0.1) is 0 Å². The SMILES string of the molecule is CC(Nc1ccc(N)c(C(N)=O)c1)c1ccncc1. The monoisotopic (exact) mass is 256 g/mol. The minimum atomic E-state index is -0.530. The number of amides is 1. The van der Waals surface area contributed by atoms with Crippen LogP contribution in [0.15, 0.2) is 42.7 Å². The van der Waals surface area contributed by atoms with Crippen LogP contribution in [0.5, 0.6) is 0 Å². The Bertz CT molecular complexity index is 583. The van der Waals surface area contributed by atoms with Crippen LogP contribution >= 0.6 is 0 Å². The second kappa shape index (κ2) is 5.39. The van der Waals surface area contributed by atoms with E-state index in [4.69, 9.17) is 11.5 Å². The van der Waals surface area contributed by atoms with Gasteiger partial charge in [-0.25, -0.2) is 0 Å². The van der Waals surface area contributed by atoms with Crippen LogP contribution in [0.1, 0.15) is 28.9 Å². The van der Waals surface area contributed by atoms with E-state index >= 15 is 0 Å². The van der Waals surface area contributed by atoms with Crippen molar-refractivity contribution in [1.29, 1.82) is 0 Å². The van der Waals surface area contributed by atoms with Gasteiger partial charge in [-0.2, -0.15) is 0 Å². The van der Waals surface area contributed by atoms with Gasteiger partial charge in [0.25, 0.3) is 5.91 Å². The first-order valence-electron chi connectivity index (χ1n) is 5.93. The molecule has 2 rings (SSSR count). The van der Waals surface area contributed by atoms with Crippen LogP contribution in [0.4, 0.5) is 11.4 Å². The number of aromatic nitrogens is 1. The Labute approximate surface area is 111 Å². The Balaban J connectivity index is 2.20. The maximum absolute atomic E-state index is 11.2. The molecule has 19 heavy (non-hydrogen) atoms. The number of primary amides is 1. The fourth-order valence-electron chi connectivity index (χ4n) is 1.84. The molecule has 98 valence electrons. The number of nitrogens with two attached hydrogens (primary N) is 2. The fourth-order valence-corrected chi connectivity index (χ4v) is 1.84. The second-order valence-electron chi connectivity index (χ2n) is 4.31. The minimum Gasteiger partial charge on any atom is -0.398 e. The lowest BCUT2D eigenvalue weighted by atomic mass is 10.1. The zero-order valence-corrected chi connectivity index (χ0v) is 10.6. The van der Waals surface area contributed by atoms with E-state index in [2.05, 4.69) is 10.3 Å². The molecule has 1 aromatic carbocycles. The molecule has 5 nitrogen and oxygen atoms in total. The van der Waals surface area contributed by atoms with E-state index in [0.29, 0.717) is 11.3 Å². The molecule has 5 N–H and O–H groups in total. The van der Waals surface area contributed by atoms with Crippen molar-refractivity contribution in [1.82, 2.24) is 4.98 Å². The van der Waals surface area contributed by atoms with Crippen molar-refractivity contribution in [2.75, 3.05) is 11.1 Å². The highest BCUT2D eigenvalue weighted by Gasteiger charge is 2.09. The molecule has 1 atom stereocenters. The summed E-state index contributed by atoms with van der Waals surface area (Å²) in [7, 11) is 0. The highest BCUT2D eigenvalue weighted by molar-refractivity contribution is 5.98. The molecule has 0 radical (unpaired) electrons. The third kappa shape index (κ3) is 3.01. The Morgan fingerprint density at radius 3 is 2.58 bits per heavy atom. The Kier molecular flexibility index (Phi) is 3.66. The molecule has 2 aromatic rings. The summed E-state index contributed by atoms with van der Waals surface area (Å²) in [6, 6.07) is 9.11. The number of benzene rings is 1. The molecule has 0 saturated carbocycles. The molecule has 1 aromatic heterocycles. The molecule has 0 aliphatic rings. The van der Waals surface area contributed by atoms with Crippen molar-refractivity contribution in [2.24, 2.45) is 5.73 Å². The molecule has 0 spiro atoms. The van der Waals surface area contributed by atoms with Crippen molar-refractivity contribution >= 4 is 17.3 Å². The Morgan fingerprint density at radius 2 is 1.95 bits per heavy atom. The summed E-state index contributed by atoms with van der Waals surface area (Å²) in [6.07, 6.45) is 3.48. The zero-order valence-electron chi connectivity index (χ0n) is 10.6. The van der Waals surface area contributed by atoms with E-state index in [1.54, 1.807) is 24.5 Å². The number of carbonyl (C=O) groups excluding carboxylic acids is 1. The Morgan fingerprint density at radius 1 is 1.26 bits per heavy atom. The standard InChI is InChI=1S/C14H16N4O/c1-9(10-4-6-17-7-5-10)18-11-2-3-13(15)12(8-11)14(16)19/h2-9,18H,15H2,1H3,(H2,16,19). The summed E-state index contributed by atoms with van der Waals surface area (Å²) in [4.78, 5) is 15.2. The van der Waals surface area contributed by atoms with E-state index < -0.39 is 5.91 Å². The van der Waals surface area contributed by atoms with Crippen molar-refractivity contribution in [3.8, 4) is 0 Å². The first-order chi connectivity index (χ1) is 9.08. The summed E-state index contributed by atoms with van der Waals surface area (Å²) in [5, 5.41) is 3.29. The van der Waals surface area contributed by atoms with Gasteiger partial charge in [-0.3, -0.25) is 9.78 Å². The first kappa shape index (κ1) is 12.9. The lowest BCUT2D eigenvalue weighted by Crippen LogP contribution is -2.14. The normalized spacial score (nSPS) is 11.8. The lowest BCUT2D eigenvalue weighted by molar-refractivity contribution is 0.100. The van der Waals surface area contributed by atoms with Crippen molar-refractivity contribution in [3.63, 3.8) is 0 Å². The quantitative estimate of drug-likeness (QED) is 0.728. The largest absolute Gasteiger partial charge is 0.398 e. The average Bonchev–Trinajstić information content (AvgIpc) is 2.41. The molecule has 0 fully saturated rings. The van der Waals surface area contributed by atoms with Gasteiger partial charge in [0, 0.05) is 29.8 Å². The smallest absolute Gasteiger partial charge is 0.250 e. The maximum atomic E-state index is 11.2. The maximum Gasteiger partial charge on any atom is 0.250 e. The summed E-state index contributed by atoms with van der Waals surface area (Å²) < 4.78 is 0. The van der Waals surface area contributed by atoms with Crippen molar-refractivity contribution in [2.45, 2.75) is 13.0 Å². The van der Waals surface area contributed by atoms with Crippen LogP contribution in [0.25, 0.3) is 0 Å².